The molecule has 0 atom stereocenters. The minimum atomic E-state index is -0.0347. The molecular weight excluding hydrogens is 264 g/mol. The summed E-state index contributed by atoms with van der Waals surface area (Å²) in [4.78, 5) is 22.5. The standard InChI is InChI=1S/C16H16N4O/c21-16(20-8-10-1-2-10)14-7-11(9-19-14)12-3-5-17-15-13(12)4-6-18-15/h3-7,9-10,19H,1-2,8H2,(H,17,18)(H,20,21). The van der Waals surface area contributed by atoms with E-state index in [4.69, 9.17) is 0 Å². The maximum absolute atomic E-state index is 12.1. The zero-order valence-corrected chi connectivity index (χ0v) is 11.5. The molecule has 0 bridgehead atoms. The molecule has 4 rings (SSSR count). The molecule has 3 N–H and O–H groups in total. The molecule has 1 aliphatic carbocycles. The van der Waals surface area contributed by atoms with Gasteiger partial charge < -0.3 is 15.3 Å². The van der Waals surface area contributed by atoms with Crippen molar-refractivity contribution in [3.8, 4) is 11.1 Å². The van der Waals surface area contributed by atoms with Crippen LogP contribution in [0.5, 0.6) is 0 Å². The second-order valence-electron chi connectivity index (χ2n) is 5.55. The van der Waals surface area contributed by atoms with E-state index in [9.17, 15) is 4.79 Å². The van der Waals surface area contributed by atoms with E-state index in [0.29, 0.717) is 11.6 Å². The van der Waals surface area contributed by atoms with Crippen LogP contribution in [0.3, 0.4) is 0 Å². The third-order valence-electron chi connectivity index (χ3n) is 3.95. The Kier molecular flexibility index (Phi) is 2.77. The highest BCUT2D eigenvalue weighted by atomic mass is 16.1. The van der Waals surface area contributed by atoms with Crippen LogP contribution < -0.4 is 5.32 Å². The molecule has 3 heterocycles. The van der Waals surface area contributed by atoms with Crippen LogP contribution >= 0.6 is 0 Å². The summed E-state index contributed by atoms with van der Waals surface area (Å²) in [5, 5.41) is 4.03. The molecule has 0 unspecified atom stereocenters. The number of nitrogens with one attached hydrogen (secondary N) is 3. The fourth-order valence-corrected chi connectivity index (χ4v) is 2.55. The first-order valence-electron chi connectivity index (χ1n) is 7.20. The van der Waals surface area contributed by atoms with Crippen LogP contribution in [0.2, 0.25) is 0 Å². The predicted molar refractivity (Wildman–Crippen MR) is 80.9 cm³/mol. The van der Waals surface area contributed by atoms with Crippen LogP contribution in [-0.2, 0) is 0 Å². The van der Waals surface area contributed by atoms with Gasteiger partial charge in [-0.05, 0) is 42.5 Å². The van der Waals surface area contributed by atoms with Crippen LogP contribution in [0, 0.1) is 5.92 Å². The zero-order valence-electron chi connectivity index (χ0n) is 11.5. The first-order valence-corrected chi connectivity index (χ1v) is 7.20. The van der Waals surface area contributed by atoms with Crippen molar-refractivity contribution in [2.24, 2.45) is 5.92 Å². The molecule has 0 radical (unpaired) electrons. The van der Waals surface area contributed by atoms with Gasteiger partial charge >= 0.3 is 0 Å². The highest BCUT2D eigenvalue weighted by molar-refractivity contribution is 5.97. The number of fused-ring (bicyclic) bond motifs is 1. The molecule has 3 aromatic heterocycles. The average molecular weight is 280 g/mol. The average Bonchev–Trinajstić information content (AvgIpc) is 3.02. The fourth-order valence-electron chi connectivity index (χ4n) is 2.55. The van der Waals surface area contributed by atoms with Crippen molar-refractivity contribution >= 4 is 16.9 Å². The van der Waals surface area contributed by atoms with Gasteiger partial charge in [0.2, 0.25) is 0 Å². The molecule has 1 fully saturated rings. The summed E-state index contributed by atoms with van der Waals surface area (Å²) in [6.07, 6.45) is 7.98. The van der Waals surface area contributed by atoms with Crippen LogP contribution in [0.1, 0.15) is 23.3 Å². The number of carbonyl (C=O) groups excluding carboxylic acids is 1. The van der Waals surface area contributed by atoms with Crippen molar-refractivity contribution in [3.63, 3.8) is 0 Å². The first-order chi connectivity index (χ1) is 10.3. The molecule has 106 valence electrons. The maximum Gasteiger partial charge on any atom is 0.267 e. The molecule has 0 aromatic carbocycles. The van der Waals surface area contributed by atoms with Gasteiger partial charge in [0.05, 0.1) is 0 Å². The minimum Gasteiger partial charge on any atom is -0.357 e. The Labute approximate surface area is 121 Å². The molecular formula is C16H16N4O. The maximum atomic E-state index is 12.1. The van der Waals surface area contributed by atoms with Crippen molar-refractivity contribution in [1.29, 1.82) is 0 Å². The normalized spacial score (nSPS) is 14.5. The van der Waals surface area contributed by atoms with E-state index in [1.54, 1.807) is 6.20 Å². The lowest BCUT2D eigenvalue weighted by molar-refractivity contribution is 0.0947. The Morgan fingerprint density at radius 1 is 1.33 bits per heavy atom. The highest BCUT2D eigenvalue weighted by Gasteiger charge is 2.22. The Hall–Kier alpha value is -2.56. The van der Waals surface area contributed by atoms with Gasteiger partial charge in [0.15, 0.2) is 0 Å². The third-order valence-corrected chi connectivity index (χ3v) is 3.95. The molecule has 3 aromatic rings. The third kappa shape index (κ3) is 2.31. The number of aromatic nitrogens is 3. The number of H-pyrrole nitrogens is 2. The second kappa shape index (κ2) is 4.77. The van der Waals surface area contributed by atoms with Gasteiger partial charge in [-0.25, -0.2) is 4.98 Å². The van der Waals surface area contributed by atoms with Gasteiger partial charge in [-0.15, -0.1) is 0 Å². The number of nitrogens with zero attached hydrogens (tertiary/aromatic N) is 1. The highest BCUT2D eigenvalue weighted by Crippen LogP contribution is 2.28. The number of hydrogen-bond donors (Lipinski definition) is 3. The SMILES string of the molecule is O=C(NCC1CC1)c1cc(-c2ccnc3[nH]ccc23)c[nH]1. The number of amides is 1. The lowest BCUT2D eigenvalue weighted by Gasteiger charge is -2.01. The smallest absolute Gasteiger partial charge is 0.267 e. The van der Waals surface area contributed by atoms with Gasteiger partial charge in [-0.3, -0.25) is 4.79 Å². The largest absolute Gasteiger partial charge is 0.357 e. The van der Waals surface area contributed by atoms with Crippen molar-refractivity contribution in [3.05, 3.63) is 42.5 Å². The number of hydrogen-bond acceptors (Lipinski definition) is 2. The van der Waals surface area contributed by atoms with E-state index < -0.39 is 0 Å². The number of aromatic amines is 2. The van der Waals surface area contributed by atoms with Crippen LogP contribution in [0.15, 0.2) is 36.8 Å². The Morgan fingerprint density at radius 2 is 2.24 bits per heavy atom. The molecule has 0 saturated heterocycles. The summed E-state index contributed by atoms with van der Waals surface area (Å²) in [7, 11) is 0. The summed E-state index contributed by atoms with van der Waals surface area (Å²) < 4.78 is 0. The van der Waals surface area contributed by atoms with Crippen molar-refractivity contribution in [2.45, 2.75) is 12.8 Å². The van der Waals surface area contributed by atoms with E-state index in [1.807, 2.05) is 30.6 Å². The van der Waals surface area contributed by atoms with Gasteiger partial charge in [-0.2, -0.15) is 0 Å². The van der Waals surface area contributed by atoms with E-state index >= 15 is 0 Å². The summed E-state index contributed by atoms with van der Waals surface area (Å²) in [5.74, 6) is 0.649. The minimum absolute atomic E-state index is 0.0347. The van der Waals surface area contributed by atoms with Crippen molar-refractivity contribution in [1.82, 2.24) is 20.3 Å². The summed E-state index contributed by atoms with van der Waals surface area (Å²) >= 11 is 0. The Balaban J connectivity index is 1.61. The number of pyridine rings is 1. The zero-order chi connectivity index (χ0) is 14.2. The number of rotatable bonds is 4. The molecule has 1 saturated carbocycles. The van der Waals surface area contributed by atoms with Gasteiger partial charge in [-0.1, -0.05) is 0 Å². The van der Waals surface area contributed by atoms with Crippen molar-refractivity contribution in [2.75, 3.05) is 6.54 Å². The van der Waals surface area contributed by atoms with E-state index in [-0.39, 0.29) is 5.91 Å². The van der Waals surface area contributed by atoms with Crippen LogP contribution in [0.4, 0.5) is 0 Å². The lowest BCUT2D eigenvalue weighted by atomic mass is 10.1. The van der Waals surface area contributed by atoms with Gasteiger partial charge in [0.25, 0.3) is 5.91 Å². The van der Waals surface area contributed by atoms with Gasteiger partial charge in [0.1, 0.15) is 11.3 Å². The summed E-state index contributed by atoms with van der Waals surface area (Å²) in [6, 6.07) is 5.85. The summed E-state index contributed by atoms with van der Waals surface area (Å²) in [5.41, 5.74) is 3.52. The topological polar surface area (TPSA) is 73.6 Å². The first kappa shape index (κ1) is 12.2. The van der Waals surface area contributed by atoms with E-state index in [2.05, 4.69) is 20.3 Å². The molecule has 0 aliphatic heterocycles. The molecule has 21 heavy (non-hydrogen) atoms. The van der Waals surface area contributed by atoms with Crippen LogP contribution in [0.25, 0.3) is 22.2 Å². The molecule has 5 heteroatoms. The monoisotopic (exact) mass is 280 g/mol. The van der Waals surface area contributed by atoms with E-state index in [1.165, 1.54) is 12.8 Å². The Morgan fingerprint density at radius 3 is 3.10 bits per heavy atom. The van der Waals surface area contributed by atoms with Crippen molar-refractivity contribution < 1.29 is 4.79 Å². The molecule has 0 spiro atoms. The molecule has 1 aliphatic rings. The summed E-state index contributed by atoms with van der Waals surface area (Å²) in [6.45, 7) is 0.782. The molecule has 1 amide bonds. The fraction of sp³-hybridized carbons (Fsp3) is 0.250. The quantitative estimate of drug-likeness (QED) is 0.687. The Bertz CT molecular complexity index is 797. The van der Waals surface area contributed by atoms with Gasteiger partial charge in [0, 0.05) is 36.1 Å². The second-order valence-corrected chi connectivity index (χ2v) is 5.55. The predicted octanol–water partition coefficient (Wildman–Crippen LogP) is 2.70. The number of carbonyl (C=O) groups is 1. The lowest BCUT2D eigenvalue weighted by Crippen LogP contribution is -2.25. The van der Waals surface area contributed by atoms with E-state index in [0.717, 1.165) is 28.7 Å². The van der Waals surface area contributed by atoms with Crippen LogP contribution in [-0.4, -0.2) is 27.4 Å². The molecule has 5 nitrogen and oxygen atoms in total.